The molecule has 2 aliphatic heterocycles. The van der Waals surface area contributed by atoms with E-state index in [0.29, 0.717) is 13.2 Å². The first kappa shape index (κ1) is 14.4. The van der Waals surface area contributed by atoms with Crippen LogP contribution in [0.15, 0.2) is 24.3 Å². The summed E-state index contributed by atoms with van der Waals surface area (Å²) in [5.41, 5.74) is 0.709. The summed E-state index contributed by atoms with van der Waals surface area (Å²) < 4.78 is 11.6. The molecule has 2 saturated heterocycles. The number of nitro benzene ring substituents is 1. The van der Waals surface area contributed by atoms with Gasteiger partial charge in [0.25, 0.3) is 5.69 Å². The second kappa shape index (κ2) is 5.71. The molecule has 6 heteroatoms. The number of rotatable bonds is 3. The Balaban J connectivity index is 1.77. The minimum Gasteiger partial charge on any atom is -0.378 e. The van der Waals surface area contributed by atoms with Gasteiger partial charge in [0.15, 0.2) is 0 Å². The van der Waals surface area contributed by atoms with E-state index >= 15 is 0 Å². The summed E-state index contributed by atoms with van der Waals surface area (Å²) in [4.78, 5) is 13.0. The molecule has 0 amide bonds. The Morgan fingerprint density at radius 1 is 1.48 bits per heavy atom. The summed E-state index contributed by atoms with van der Waals surface area (Å²) in [6.07, 6.45) is 1.01. The highest BCUT2D eigenvalue weighted by atomic mass is 16.6. The number of nitrogens with zero attached hydrogens (tertiary/aromatic N) is 2. The normalized spacial score (nSPS) is 29.9. The zero-order valence-electron chi connectivity index (χ0n) is 12.2. The van der Waals surface area contributed by atoms with E-state index in [-0.39, 0.29) is 22.3 Å². The molecule has 0 aromatic heterocycles. The third-order valence-corrected chi connectivity index (χ3v) is 4.13. The van der Waals surface area contributed by atoms with Gasteiger partial charge in [-0.3, -0.25) is 15.0 Å². The number of morpholine rings is 1. The van der Waals surface area contributed by atoms with E-state index in [0.717, 1.165) is 31.7 Å². The zero-order chi connectivity index (χ0) is 14.9. The molecule has 3 rings (SSSR count). The van der Waals surface area contributed by atoms with Crippen LogP contribution in [0.25, 0.3) is 0 Å². The minimum atomic E-state index is -0.312. The van der Waals surface area contributed by atoms with E-state index in [1.807, 2.05) is 19.1 Å². The third kappa shape index (κ3) is 3.07. The predicted octanol–water partition coefficient (Wildman–Crippen LogP) is 1.97. The molecule has 114 valence electrons. The van der Waals surface area contributed by atoms with Crippen molar-refractivity contribution in [2.24, 2.45) is 0 Å². The molecule has 1 aromatic rings. The Labute approximate surface area is 123 Å². The van der Waals surface area contributed by atoms with Crippen LogP contribution >= 0.6 is 0 Å². The fraction of sp³-hybridized carbons (Fsp3) is 0.600. The molecular formula is C15H20N2O4. The molecule has 0 bridgehead atoms. The van der Waals surface area contributed by atoms with Crippen molar-refractivity contribution in [2.75, 3.05) is 26.3 Å². The standard InChI is InChI=1S/C15H20N2O4/c1-12-8-16(10-15(21-12)6-7-20-11-15)9-13-4-2-3-5-14(13)17(18)19/h2-5,12H,6-11H2,1H3/t12-,15-/m1/s1. The first-order valence-corrected chi connectivity index (χ1v) is 7.28. The van der Waals surface area contributed by atoms with E-state index in [9.17, 15) is 10.1 Å². The second-order valence-corrected chi connectivity index (χ2v) is 5.97. The maximum Gasteiger partial charge on any atom is 0.273 e. The average molecular weight is 292 g/mol. The van der Waals surface area contributed by atoms with Crippen molar-refractivity contribution in [3.05, 3.63) is 39.9 Å². The lowest BCUT2D eigenvalue weighted by Gasteiger charge is -2.42. The van der Waals surface area contributed by atoms with Gasteiger partial charge in [-0.15, -0.1) is 0 Å². The van der Waals surface area contributed by atoms with Crippen molar-refractivity contribution in [1.82, 2.24) is 4.90 Å². The Morgan fingerprint density at radius 3 is 3.00 bits per heavy atom. The van der Waals surface area contributed by atoms with Gasteiger partial charge in [-0.25, -0.2) is 0 Å². The highest BCUT2D eigenvalue weighted by Gasteiger charge is 2.42. The van der Waals surface area contributed by atoms with Crippen LogP contribution in [0.3, 0.4) is 0 Å². The Hall–Kier alpha value is -1.50. The van der Waals surface area contributed by atoms with E-state index < -0.39 is 0 Å². The summed E-state index contributed by atoms with van der Waals surface area (Å²) in [5.74, 6) is 0. The van der Waals surface area contributed by atoms with Gasteiger partial charge in [0.05, 0.1) is 17.6 Å². The van der Waals surface area contributed by atoms with E-state index in [1.54, 1.807) is 12.1 Å². The molecule has 0 unspecified atom stereocenters. The van der Waals surface area contributed by atoms with Crippen molar-refractivity contribution in [1.29, 1.82) is 0 Å². The van der Waals surface area contributed by atoms with Crippen LogP contribution < -0.4 is 0 Å². The van der Waals surface area contributed by atoms with E-state index in [4.69, 9.17) is 9.47 Å². The van der Waals surface area contributed by atoms with Gasteiger partial charge >= 0.3 is 0 Å². The lowest BCUT2D eigenvalue weighted by Crippen LogP contribution is -2.55. The van der Waals surface area contributed by atoms with E-state index in [1.165, 1.54) is 0 Å². The number of nitro groups is 1. The van der Waals surface area contributed by atoms with Gasteiger partial charge in [0.1, 0.15) is 5.60 Å². The van der Waals surface area contributed by atoms with Crippen molar-refractivity contribution >= 4 is 5.69 Å². The Morgan fingerprint density at radius 2 is 2.29 bits per heavy atom. The summed E-state index contributed by atoms with van der Waals surface area (Å²) in [6, 6.07) is 6.94. The lowest BCUT2D eigenvalue weighted by molar-refractivity contribution is -0.385. The predicted molar refractivity (Wildman–Crippen MR) is 77.1 cm³/mol. The SMILES string of the molecule is C[C@@H]1CN(Cc2ccccc2[N+](=O)[O-])C[C@@]2(CCOC2)O1. The maximum absolute atomic E-state index is 11.1. The van der Waals surface area contributed by atoms with Gasteiger partial charge in [-0.2, -0.15) is 0 Å². The van der Waals surface area contributed by atoms with Crippen molar-refractivity contribution in [2.45, 2.75) is 31.6 Å². The fourth-order valence-corrected chi connectivity index (χ4v) is 3.33. The van der Waals surface area contributed by atoms with Crippen molar-refractivity contribution in [3.63, 3.8) is 0 Å². The number of hydrogen-bond donors (Lipinski definition) is 0. The monoisotopic (exact) mass is 292 g/mol. The molecule has 1 spiro atoms. The molecule has 2 atom stereocenters. The summed E-state index contributed by atoms with van der Waals surface area (Å²) >= 11 is 0. The second-order valence-electron chi connectivity index (χ2n) is 5.97. The van der Waals surface area contributed by atoms with Gasteiger partial charge in [0.2, 0.25) is 0 Å². The highest BCUT2D eigenvalue weighted by molar-refractivity contribution is 5.39. The quantitative estimate of drug-likeness (QED) is 0.629. The van der Waals surface area contributed by atoms with Gasteiger partial charge in [-0.1, -0.05) is 18.2 Å². The molecule has 2 heterocycles. The molecule has 0 saturated carbocycles. The van der Waals surface area contributed by atoms with Crippen molar-refractivity contribution < 1.29 is 14.4 Å². The van der Waals surface area contributed by atoms with E-state index in [2.05, 4.69) is 4.90 Å². The Bertz CT molecular complexity index is 528. The largest absolute Gasteiger partial charge is 0.378 e. The van der Waals surface area contributed by atoms with Crippen LogP contribution in [0.5, 0.6) is 0 Å². The first-order chi connectivity index (χ1) is 10.1. The molecule has 0 aliphatic carbocycles. The molecule has 0 radical (unpaired) electrons. The van der Waals surface area contributed by atoms with Gasteiger partial charge in [0, 0.05) is 44.3 Å². The summed E-state index contributed by atoms with van der Waals surface area (Å²) in [5, 5.41) is 11.1. The molecular weight excluding hydrogens is 272 g/mol. The number of ether oxygens (including phenoxy) is 2. The van der Waals surface area contributed by atoms with Crippen LogP contribution in [0.2, 0.25) is 0 Å². The fourth-order valence-electron chi connectivity index (χ4n) is 3.33. The van der Waals surface area contributed by atoms with Crippen LogP contribution in [0.1, 0.15) is 18.9 Å². The third-order valence-electron chi connectivity index (χ3n) is 4.13. The molecule has 1 aromatic carbocycles. The topological polar surface area (TPSA) is 64.8 Å². The Kier molecular flexibility index (Phi) is 3.93. The van der Waals surface area contributed by atoms with Crippen LogP contribution in [-0.4, -0.2) is 47.8 Å². The molecule has 21 heavy (non-hydrogen) atoms. The van der Waals surface area contributed by atoms with Crippen LogP contribution in [0, 0.1) is 10.1 Å². The van der Waals surface area contributed by atoms with Gasteiger partial charge < -0.3 is 9.47 Å². The molecule has 6 nitrogen and oxygen atoms in total. The van der Waals surface area contributed by atoms with Crippen LogP contribution in [0.4, 0.5) is 5.69 Å². The summed E-state index contributed by atoms with van der Waals surface area (Å²) in [6.45, 7) is 5.52. The number of benzene rings is 1. The van der Waals surface area contributed by atoms with Gasteiger partial charge in [-0.05, 0) is 6.92 Å². The number of para-hydroxylation sites is 1. The molecule has 2 fully saturated rings. The van der Waals surface area contributed by atoms with Crippen molar-refractivity contribution in [3.8, 4) is 0 Å². The zero-order valence-corrected chi connectivity index (χ0v) is 12.2. The number of hydrogen-bond acceptors (Lipinski definition) is 5. The minimum absolute atomic E-state index is 0.114. The molecule has 2 aliphatic rings. The summed E-state index contributed by atoms with van der Waals surface area (Å²) in [7, 11) is 0. The first-order valence-electron chi connectivity index (χ1n) is 7.28. The average Bonchev–Trinajstić information content (AvgIpc) is 2.85. The smallest absolute Gasteiger partial charge is 0.273 e. The lowest BCUT2D eigenvalue weighted by atomic mass is 9.98. The van der Waals surface area contributed by atoms with Crippen LogP contribution in [-0.2, 0) is 16.0 Å². The molecule has 0 N–H and O–H groups in total. The highest BCUT2D eigenvalue weighted by Crippen LogP contribution is 2.31. The maximum atomic E-state index is 11.1.